The van der Waals surface area contributed by atoms with Gasteiger partial charge in [-0.05, 0) is 30.5 Å². The minimum atomic E-state index is 0.641. The quantitative estimate of drug-likeness (QED) is 0.877. The molecule has 1 aromatic carbocycles. The third-order valence-electron chi connectivity index (χ3n) is 2.28. The number of hydrogen-bond donors (Lipinski definition) is 1. The lowest BCUT2D eigenvalue weighted by molar-refractivity contribution is 1.02. The highest BCUT2D eigenvalue weighted by molar-refractivity contribution is 9.10. The van der Waals surface area contributed by atoms with Gasteiger partial charge in [0.1, 0.15) is 0 Å². The summed E-state index contributed by atoms with van der Waals surface area (Å²) in [4.78, 5) is 0. The molecule has 1 nitrogen and oxygen atoms in total. The number of benzene rings is 1. The van der Waals surface area contributed by atoms with Crippen molar-refractivity contribution >= 4 is 22.0 Å². The number of aryl methyl sites for hydroxylation is 1. The largest absolute Gasteiger partial charge is 0.327 e. The van der Waals surface area contributed by atoms with Crippen LogP contribution >= 0.6 is 15.9 Å². The van der Waals surface area contributed by atoms with Gasteiger partial charge in [-0.25, -0.2) is 0 Å². The summed E-state index contributed by atoms with van der Waals surface area (Å²) < 4.78 is 1.15. The summed E-state index contributed by atoms with van der Waals surface area (Å²) in [6.45, 7) is 4.85. The smallest absolute Gasteiger partial charge is 0.0210 e. The molecule has 76 valence electrons. The van der Waals surface area contributed by atoms with Crippen LogP contribution in [0.2, 0.25) is 0 Å². The van der Waals surface area contributed by atoms with Crippen LogP contribution in [-0.2, 0) is 0 Å². The molecule has 0 aromatic heterocycles. The standard InChI is InChI=1S/C12H16BrN/c1-3-10(8-14)6-11-5-4-9(2)12(13)7-11/h4-7H,3,8,14H2,1-2H3/b10-6-. The molecule has 0 aliphatic heterocycles. The molecule has 0 saturated heterocycles. The van der Waals surface area contributed by atoms with Gasteiger partial charge in [-0.15, -0.1) is 0 Å². The maximum atomic E-state index is 5.62. The second kappa shape index (κ2) is 5.32. The predicted octanol–water partition coefficient (Wildman–Crippen LogP) is 3.51. The van der Waals surface area contributed by atoms with Crippen molar-refractivity contribution in [2.75, 3.05) is 6.54 Å². The summed E-state index contributed by atoms with van der Waals surface area (Å²) in [5, 5.41) is 0. The Kier molecular flexibility index (Phi) is 4.36. The molecule has 1 aromatic rings. The number of hydrogen-bond acceptors (Lipinski definition) is 1. The first-order chi connectivity index (χ1) is 6.67. The highest BCUT2D eigenvalue weighted by Gasteiger charge is 1.96. The van der Waals surface area contributed by atoms with Crippen molar-refractivity contribution in [3.8, 4) is 0 Å². The molecule has 0 heterocycles. The first-order valence-electron chi connectivity index (χ1n) is 4.83. The minimum absolute atomic E-state index is 0.641. The Balaban J connectivity index is 2.97. The fraction of sp³-hybridized carbons (Fsp3) is 0.333. The van der Waals surface area contributed by atoms with Gasteiger partial charge < -0.3 is 5.73 Å². The van der Waals surface area contributed by atoms with Crippen molar-refractivity contribution in [1.82, 2.24) is 0 Å². The van der Waals surface area contributed by atoms with Crippen LogP contribution in [0.4, 0.5) is 0 Å². The maximum Gasteiger partial charge on any atom is 0.0210 e. The summed E-state index contributed by atoms with van der Waals surface area (Å²) in [7, 11) is 0. The van der Waals surface area contributed by atoms with E-state index in [1.165, 1.54) is 16.7 Å². The SMILES string of the molecule is CC/C(=C/c1ccc(C)c(Br)c1)CN. The lowest BCUT2D eigenvalue weighted by atomic mass is 10.1. The second-order valence-corrected chi connectivity index (χ2v) is 4.22. The van der Waals surface area contributed by atoms with Crippen molar-refractivity contribution in [3.05, 3.63) is 39.4 Å². The lowest BCUT2D eigenvalue weighted by Crippen LogP contribution is -2.01. The molecule has 1 rings (SSSR count). The molecule has 2 heteroatoms. The van der Waals surface area contributed by atoms with Crippen LogP contribution in [-0.4, -0.2) is 6.54 Å². The van der Waals surface area contributed by atoms with Crippen LogP contribution in [0.25, 0.3) is 6.08 Å². The Labute approximate surface area is 94.1 Å². The van der Waals surface area contributed by atoms with E-state index in [0.717, 1.165) is 10.9 Å². The van der Waals surface area contributed by atoms with Crippen LogP contribution in [0.3, 0.4) is 0 Å². The van der Waals surface area contributed by atoms with Crippen molar-refractivity contribution < 1.29 is 0 Å². The first kappa shape index (κ1) is 11.5. The summed E-state index contributed by atoms with van der Waals surface area (Å²) in [6, 6.07) is 6.35. The van der Waals surface area contributed by atoms with E-state index in [-0.39, 0.29) is 0 Å². The Morgan fingerprint density at radius 1 is 1.50 bits per heavy atom. The van der Waals surface area contributed by atoms with Crippen LogP contribution in [0.1, 0.15) is 24.5 Å². The van der Waals surface area contributed by atoms with Crippen molar-refractivity contribution in [3.63, 3.8) is 0 Å². The first-order valence-corrected chi connectivity index (χ1v) is 5.62. The highest BCUT2D eigenvalue weighted by Crippen LogP contribution is 2.19. The Morgan fingerprint density at radius 3 is 2.71 bits per heavy atom. The molecule has 0 bridgehead atoms. The van der Waals surface area contributed by atoms with Gasteiger partial charge in [-0.1, -0.05) is 46.6 Å². The van der Waals surface area contributed by atoms with Crippen LogP contribution in [0.15, 0.2) is 28.2 Å². The van der Waals surface area contributed by atoms with Gasteiger partial charge in [0.2, 0.25) is 0 Å². The molecule has 0 aliphatic rings. The summed E-state index contributed by atoms with van der Waals surface area (Å²) in [5.41, 5.74) is 9.37. The van der Waals surface area contributed by atoms with E-state index in [0.29, 0.717) is 6.54 Å². The molecule has 0 fully saturated rings. The molecule has 0 radical (unpaired) electrons. The van der Waals surface area contributed by atoms with E-state index in [9.17, 15) is 0 Å². The molecular weight excluding hydrogens is 238 g/mol. The van der Waals surface area contributed by atoms with E-state index in [4.69, 9.17) is 5.73 Å². The van der Waals surface area contributed by atoms with Crippen LogP contribution in [0, 0.1) is 6.92 Å². The van der Waals surface area contributed by atoms with Gasteiger partial charge in [0.05, 0.1) is 0 Å². The van der Waals surface area contributed by atoms with E-state index < -0.39 is 0 Å². The minimum Gasteiger partial charge on any atom is -0.327 e. The van der Waals surface area contributed by atoms with Crippen molar-refractivity contribution in [1.29, 1.82) is 0 Å². The Hall–Kier alpha value is -0.600. The summed E-state index contributed by atoms with van der Waals surface area (Å²) >= 11 is 3.52. The van der Waals surface area contributed by atoms with Crippen molar-refractivity contribution in [2.45, 2.75) is 20.3 Å². The van der Waals surface area contributed by atoms with E-state index >= 15 is 0 Å². The number of halogens is 1. The molecule has 0 saturated carbocycles. The number of rotatable bonds is 3. The molecule has 0 unspecified atom stereocenters. The van der Waals surface area contributed by atoms with E-state index in [1.54, 1.807) is 0 Å². The van der Waals surface area contributed by atoms with Gasteiger partial charge in [0.25, 0.3) is 0 Å². The zero-order chi connectivity index (χ0) is 10.6. The molecule has 0 atom stereocenters. The zero-order valence-corrected chi connectivity index (χ0v) is 10.3. The molecule has 14 heavy (non-hydrogen) atoms. The third-order valence-corrected chi connectivity index (χ3v) is 3.14. The van der Waals surface area contributed by atoms with Gasteiger partial charge in [-0.3, -0.25) is 0 Å². The Bertz CT molecular complexity index is 336. The highest BCUT2D eigenvalue weighted by atomic mass is 79.9. The van der Waals surface area contributed by atoms with Crippen LogP contribution in [0.5, 0.6) is 0 Å². The fourth-order valence-electron chi connectivity index (χ4n) is 1.24. The molecule has 0 spiro atoms. The normalized spacial score (nSPS) is 11.9. The second-order valence-electron chi connectivity index (χ2n) is 3.37. The van der Waals surface area contributed by atoms with Gasteiger partial charge in [0.15, 0.2) is 0 Å². The molecule has 0 aliphatic carbocycles. The Morgan fingerprint density at radius 2 is 2.21 bits per heavy atom. The topological polar surface area (TPSA) is 26.0 Å². The molecular formula is C12H16BrN. The average molecular weight is 254 g/mol. The monoisotopic (exact) mass is 253 g/mol. The lowest BCUT2D eigenvalue weighted by Gasteiger charge is -2.03. The van der Waals surface area contributed by atoms with Gasteiger partial charge in [-0.2, -0.15) is 0 Å². The summed E-state index contributed by atoms with van der Waals surface area (Å²) in [6.07, 6.45) is 3.17. The van der Waals surface area contributed by atoms with Gasteiger partial charge in [0, 0.05) is 11.0 Å². The fourth-order valence-corrected chi connectivity index (χ4v) is 1.64. The maximum absolute atomic E-state index is 5.62. The van der Waals surface area contributed by atoms with Gasteiger partial charge >= 0.3 is 0 Å². The zero-order valence-electron chi connectivity index (χ0n) is 8.68. The number of nitrogens with two attached hydrogens (primary N) is 1. The van der Waals surface area contributed by atoms with E-state index in [1.807, 2.05) is 0 Å². The van der Waals surface area contributed by atoms with Crippen molar-refractivity contribution in [2.24, 2.45) is 5.73 Å². The third kappa shape index (κ3) is 2.96. The van der Waals surface area contributed by atoms with Crippen LogP contribution < -0.4 is 5.73 Å². The summed E-state index contributed by atoms with van der Waals surface area (Å²) in [5.74, 6) is 0. The average Bonchev–Trinajstić information content (AvgIpc) is 2.19. The molecule has 0 amide bonds. The van der Waals surface area contributed by atoms with E-state index in [2.05, 4.69) is 54.1 Å². The predicted molar refractivity (Wildman–Crippen MR) is 66.2 cm³/mol. The molecule has 2 N–H and O–H groups in total.